The lowest BCUT2D eigenvalue weighted by atomic mass is 10.2. The van der Waals surface area contributed by atoms with Gasteiger partial charge >= 0.3 is 5.97 Å². The maximum absolute atomic E-state index is 11.2. The first-order chi connectivity index (χ1) is 6.63. The van der Waals surface area contributed by atoms with E-state index in [-0.39, 0.29) is 12.0 Å². The lowest BCUT2D eigenvalue weighted by Crippen LogP contribution is -2.13. The molecule has 0 aromatic carbocycles. The molecule has 1 heterocycles. The van der Waals surface area contributed by atoms with Gasteiger partial charge in [-0.05, 0) is 35.8 Å². The summed E-state index contributed by atoms with van der Waals surface area (Å²) in [5, 5.41) is 4.15. The summed E-state index contributed by atoms with van der Waals surface area (Å²) in [4.78, 5) is 11.2. The van der Waals surface area contributed by atoms with E-state index in [1.165, 1.54) is 0 Å². The van der Waals surface area contributed by atoms with Crippen LogP contribution in [0.4, 0.5) is 0 Å². The zero-order valence-electron chi connectivity index (χ0n) is 8.24. The molecule has 5 heteroatoms. The molecule has 0 aliphatic rings. The summed E-state index contributed by atoms with van der Waals surface area (Å²) in [6.45, 7) is 4.15. The van der Waals surface area contributed by atoms with Crippen LogP contribution < -0.4 is 0 Å². The molecule has 0 aliphatic heterocycles. The molecule has 1 rings (SSSR count). The summed E-state index contributed by atoms with van der Waals surface area (Å²) in [7, 11) is 0. The van der Waals surface area contributed by atoms with Crippen molar-refractivity contribution in [2.24, 2.45) is 0 Å². The van der Waals surface area contributed by atoms with Crippen molar-refractivity contribution in [3.05, 3.63) is 16.9 Å². The molecule has 1 aromatic rings. The van der Waals surface area contributed by atoms with Crippen molar-refractivity contribution in [1.82, 2.24) is 9.78 Å². The minimum Gasteiger partial charge on any atom is -0.466 e. The lowest BCUT2D eigenvalue weighted by molar-refractivity contribution is -0.143. The largest absolute Gasteiger partial charge is 0.466 e. The van der Waals surface area contributed by atoms with Crippen LogP contribution in [0, 0.1) is 0 Å². The van der Waals surface area contributed by atoms with Gasteiger partial charge < -0.3 is 4.74 Å². The van der Waals surface area contributed by atoms with E-state index in [0.717, 1.165) is 4.60 Å². The van der Waals surface area contributed by atoms with E-state index < -0.39 is 0 Å². The van der Waals surface area contributed by atoms with E-state index in [4.69, 9.17) is 4.74 Å². The van der Waals surface area contributed by atoms with E-state index in [1.807, 2.05) is 19.2 Å². The van der Waals surface area contributed by atoms with Crippen LogP contribution in [0.1, 0.15) is 26.3 Å². The molecule has 78 valence electrons. The Bertz CT molecular complexity index is 312. The Hall–Kier alpha value is -0.840. The number of ether oxygens (including phenoxy) is 1. The zero-order chi connectivity index (χ0) is 10.6. The second-order valence-electron chi connectivity index (χ2n) is 2.98. The van der Waals surface area contributed by atoms with Crippen molar-refractivity contribution in [1.29, 1.82) is 0 Å². The first-order valence-corrected chi connectivity index (χ1v) is 5.29. The van der Waals surface area contributed by atoms with Gasteiger partial charge in [-0.25, -0.2) is 0 Å². The van der Waals surface area contributed by atoms with Gasteiger partial charge in [0.15, 0.2) is 0 Å². The third kappa shape index (κ3) is 3.14. The number of esters is 1. The molecule has 4 nitrogen and oxygen atoms in total. The minimum absolute atomic E-state index is 0.0281. The summed E-state index contributed by atoms with van der Waals surface area (Å²) in [6.07, 6.45) is 2.18. The standard InChI is InChI=1S/C9H13BrN2O2/c1-3-14-9(13)6-7(2)12-5-4-8(10)11-12/h4-5,7H,3,6H2,1-2H3/t7-/m0/s1. The first-order valence-electron chi connectivity index (χ1n) is 4.49. The summed E-state index contributed by atoms with van der Waals surface area (Å²) < 4.78 is 7.36. The number of halogens is 1. The maximum atomic E-state index is 11.2. The molecule has 14 heavy (non-hydrogen) atoms. The molecule has 0 saturated heterocycles. The molecule has 0 amide bonds. The fourth-order valence-electron chi connectivity index (χ4n) is 1.11. The van der Waals surface area contributed by atoms with Crippen molar-refractivity contribution in [3.8, 4) is 0 Å². The topological polar surface area (TPSA) is 44.1 Å². The van der Waals surface area contributed by atoms with Gasteiger partial charge in [0.2, 0.25) is 0 Å². The van der Waals surface area contributed by atoms with Gasteiger partial charge in [-0.15, -0.1) is 0 Å². The number of carbonyl (C=O) groups is 1. The molecule has 0 radical (unpaired) electrons. The number of hydrogen-bond acceptors (Lipinski definition) is 3. The molecule has 0 bridgehead atoms. The Morgan fingerprint density at radius 2 is 2.50 bits per heavy atom. The predicted molar refractivity (Wildman–Crippen MR) is 55.9 cm³/mol. The van der Waals surface area contributed by atoms with Crippen LogP contribution in [0.5, 0.6) is 0 Å². The minimum atomic E-state index is -0.188. The Balaban J connectivity index is 2.50. The molecule has 1 aromatic heterocycles. The summed E-state index contributed by atoms with van der Waals surface area (Å²) >= 11 is 3.25. The summed E-state index contributed by atoms with van der Waals surface area (Å²) in [5.41, 5.74) is 0. The molecule has 0 saturated carbocycles. The summed E-state index contributed by atoms with van der Waals surface area (Å²) in [5.74, 6) is -0.188. The van der Waals surface area contributed by atoms with E-state index in [2.05, 4.69) is 21.0 Å². The highest BCUT2D eigenvalue weighted by Gasteiger charge is 2.11. The van der Waals surface area contributed by atoms with Gasteiger partial charge in [-0.2, -0.15) is 5.10 Å². The second-order valence-corrected chi connectivity index (χ2v) is 3.79. The number of rotatable bonds is 4. The van der Waals surface area contributed by atoms with Crippen molar-refractivity contribution in [2.75, 3.05) is 6.61 Å². The van der Waals surface area contributed by atoms with Crippen LogP contribution in [-0.2, 0) is 9.53 Å². The molecule has 0 fully saturated rings. The monoisotopic (exact) mass is 260 g/mol. The molecule has 0 aliphatic carbocycles. The van der Waals surface area contributed by atoms with Crippen LogP contribution in [-0.4, -0.2) is 22.4 Å². The highest BCUT2D eigenvalue weighted by molar-refractivity contribution is 9.10. The Morgan fingerprint density at radius 3 is 3.00 bits per heavy atom. The van der Waals surface area contributed by atoms with E-state index in [1.54, 1.807) is 11.6 Å². The van der Waals surface area contributed by atoms with E-state index >= 15 is 0 Å². The van der Waals surface area contributed by atoms with E-state index in [0.29, 0.717) is 13.0 Å². The predicted octanol–water partition coefficient (Wildman–Crippen LogP) is 2.16. The average Bonchev–Trinajstić information content (AvgIpc) is 2.52. The van der Waals surface area contributed by atoms with Gasteiger partial charge in [-0.3, -0.25) is 9.48 Å². The zero-order valence-corrected chi connectivity index (χ0v) is 9.82. The highest BCUT2D eigenvalue weighted by Crippen LogP contribution is 2.13. The third-order valence-corrected chi connectivity index (χ3v) is 2.22. The molecule has 0 N–H and O–H groups in total. The van der Waals surface area contributed by atoms with Crippen molar-refractivity contribution >= 4 is 21.9 Å². The Labute approximate surface area is 91.4 Å². The molecular formula is C9H13BrN2O2. The fraction of sp³-hybridized carbons (Fsp3) is 0.556. The summed E-state index contributed by atoms with van der Waals surface area (Å²) in [6, 6.07) is 1.86. The number of nitrogens with zero attached hydrogens (tertiary/aromatic N) is 2. The van der Waals surface area contributed by atoms with Crippen molar-refractivity contribution in [3.63, 3.8) is 0 Å². The first kappa shape index (κ1) is 11.2. The van der Waals surface area contributed by atoms with Gasteiger partial charge in [0.1, 0.15) is 4.60 Å². The average molecular weight is 261 g/mol. The smallest absolute Gasteiger partial charge is 0.307 e. The number of aromatic nitrogens is 2. The maximum Gasteiger partial charge on any atom is 0.307 e. The van der Waals surface area contributed by atoms with Gasteiger partial charge in [0.05, 0.1) is 19.1 Å². The Kier molecular flexibility index (Phi) is 4.13. The molecule has 0 unspecified atom stereocenters. The Morgan fingerprint density at radius 1 is 1.79 bits per heavy atom. The molecule has 1 atom stereocenters. The fourth-order valence-corrected chi connectivity index (χ4v) is 1.42. The van der Waals surface area contributed by atoms with Crippen molar-refractivity contribution < 1.29 is 9.53 Å². The van der Waals surface area contributed by atoms with E-state index in [9.17, 15) is 4.79 Å². The second kappa shape index (κ2) is 5.14. The van der Waals surface area contributed by atoms with Crippen LogP contribution in [0.15, 0.2) is 16.9 Å². The normalized spacial score (nSPS) is 12.5. The number of carbonyl (C=O) groups excluding carboxylic acids is 1. The SMILES string of the molecule is CCOC(=O)C[C@H](C)n1ccc(Br)n1. The van der Waals surface area contributed by atoms with Crippen LogP contribution in [0.3, 0.4) is 0 Å². The van der Waals surface area contributed by atoms with Crippen LogP contribution in [0.2, 0.25) is 0 Å². The van der Waals surface area contributed by atoms with Gasteiger partial charge in [0.25, 0.3) is 0 Å². The van der Waals surface area contributed by atoms with Crippen LogP contribution in [0.25, 0.3) is 0 Å². The number of hydrogen-bond donors (Lipinski definition) is 0. The van der Waals surface area contributed by atoms with Crippen molar-refractivity contribution in [2.45, 2.75) is 26.3 Å². The van der Waals surface area contributed by atoms with Gasteiger partial charge in [0, 0.05) is 6.20 Å². The molecule has 0 spiro atoms. The highest BCUT2D eigenvalue weighted by atomic mass is 79.9. The third-order valence-electron chi connectivity index (χ3n) is 1.79. The van der Waals surface area contributed by atoms with Crippen LogP contribution >= 0.6 is 15.9 Å². The quantitative estimate of drug-likeness (QED) is 0.780. The lowest BCUT2D eigenvalue weighted by Gasteiger charge is -2.10. The molecular weight excluding hydrogens is 248 g/mol. The van der Waals surface area contributed by atoms with Gasteiger partial charge in [-0.1, -0.05) is 0 Å².